The average Bonchev–Trinajstić information content (AvgIpc) is 2.10. The Morgan fingerprint density at radius 1 is 1.60 bits per heavy atom. The Balaban J connectivity index is 2.66. The zero-order chi connectivity index (χ0) is 7.78. The van der Waals surface area contributed by atoms with E-state index < -0.39 is 17.7 Å². The molecule has 3 nitrogen and oxygen atoms in total. The average molecular weight is 148 g/mol. The highest BCUT2D eigenvalue weighted by molar-refractivity contribution is 4.92. The normalized spacial score (nSPS) is 31.9. The molecule has 1 aliphatic heterocycles. The molecule has 1 rings (SSSR count). The third kappa shape index (κ3) is 1.01. The van der Waals surface area contributed by atoms with Gasteiger partial charge in [-0.2, -0.15) is 4.39 Å². The lowest BCUT2D eigenvalue weighted by Crippen LogP contribution is -2.24. The summed E-state index contributed by atoms with van der Waals surface area (Å²) in [6.45, 7) is 3.32. The van der Waals surface area contributed by atoms with Gasteiger partial charge < -0.3 is 14.6 Å². The Morgan fingerprint density at radius 2 is 2.20 bits per heavy atom. The number of halogens is 1. The molecule has 0 saturated heterocycles. The fourth-order valence-corrected chi connectivity index (χ4v) is 0.643. The molecular formula is C6H9FO3. The van der Waals surface area contributed by atoms with Crippen molar-refractivity contribution in [3.8, 4) is 0 Å². The van der Waals surface area contributed by atoms with Crippen LogP contribution in [0.15, 0.2) is 12.0 Å². The van der Waals surface area contributed by atoms with Gasteiger partial charge in [-0.25, -0.2) is 0 Å². The molecule has 1 atom stereocenters. The lowest BCUT2D eigenvalue weighted by Gasteiger charge is -2.19. The van der Waals surface area contributed by atoms with E-state index in [0.29, 0.717) is 6.42 Å². The van der Waals surface area contributed by atoms with Crippen LogP contribution in [-0.4, -0.2) is 10.9 Å². The molecule has 0 aromatic heterocycles. The summed E-state index contributed by atoms with van der Waals surface area (Å²) in [6.07, 6.45) is 0.477. The van der Waals surface area contributed by atoms with Gasteiger partial charge in [0, 0.05) is 13.3 Å². The van der Waals surface area contributed by atoms with E-state index in [1.165, 1.54) is 0 Å². The first-order chi connectivity index (χ1) is 4.57. The summed E-state index contributed by atoms with van der Waals surface area (Å²) in [6, 6.07) is -1.04. The Hall–Kier alpha value is -0.930. The predicted octanol–water partition coefficient (Wildman–Crippen LogP) is 1.81. The summed E-state index contributed by atoms with van der Waals surface area (Å²) in [5, 5.41) is 8.62. The second-order valence-electron chi connectivity index (χ2n) is 2.27. The van der Waals surface area contributed by atoms with Gasteiger partial charge in [-0.1, -0.05) is 6.92 Å². The van der Waals surface area contributed by atoms with Crippen LogP contribution in [-0.2, 0) is 9.47 Å². The zero-order valence-electron chi connectivity index (χ0n) is 5.85. The maximum Gasteiger partial charge on any atom is 0.358 e. The van der Waals surface area contributed by atoms with E-state index in [4.69, 9.17) is 5.11 Å². The van der Waals surface area contributed by atoms with Crippen LogP contribution in [0, 0.1) is 0 Å². The van der Waals surface area contributed by atoms with Crippen molar-refractivity contribution in [3.05, 3.63) is 12.0 Å². The number of ether oxygens (including phenoxy) is 2. The SMILES string of the molecule is CCC1(C)OC(O)=C(F)O1. The van der Waals surface area contributed by atoms with Crippen molar-refractivity contribution in [2.75, 3.05) is 0 Å². The second-order valence-corrected chi connectivity index (χ2v) is 2.27. The maximum atomic E-state index is 12.3. The second kappa shape index (κ2) is 2.04. The van der Waals surface area contributed by atoms with Crippen molar-refractivity contribution < 1.29 is 19.0 Å². The van der Waals surface area contributed by atoms with Gasteiger partial charge in [0.05, 0.1) is 0 Å². The first kappa shape index (κ1) is 7.18. The third-order valence-corrected chi connectivity index (χ3v) is 1.43. The van der Waals surface area contributed by atoms with Gasteiger partial charge in [0.15, 0.2) is 0 Å². The van der Waals surface area contributed by atoms with Gasteiger partial charge in [-0.05, 0) is 0 Å². The highest BCUT2D eigenvalue weighted by Crippen LogP contribution is 2.31. The minimum Gasteiger partial charge on any atom is -0.476 e. The lowest BCUT2D eigenvalue weighted by molar-refractivity contribution is -0.162. The quantitative estimate of drug-likeness (QED) is 0.616. The monoisotopic (exact) mass is 148 g/mol. The minimum absolute atomic E-state index is 0.477. The van der Waals surface area contributed by atoms with Crippen molar-refractivity contribution in [2.45, 2.75) is 26.1 Å². The molecule has 1 aliphatic rings. The predicted molar refractivity (Wildman–Crippen MR) is 31.6 cm³/mol. The van der Waals surface area contributed by atoms with Crippen molar-refractivity contribution in [3.63, 3.8) is 0 Å². The van der Waals surface area contributed by atoms with E-state index in [9.17, 15) is 4.39 Å². The summed E-state index contributed by atoms with van der Waals surface area (Å²) in [5.74, 6) is -1.78. The van der Waals surface area contributed by atoms with Crippen LogP contribution in [0.3, 0.4) is 0 Å². The number of rotatable bonds is 1. The molecule has 0 saturated carbocycles. The summed E-state index contributed by atoms with van der Waals surface area (Å²) in [4.78, 5) is 0. The topological polar surface area (TPSA) is 38.7 Å². The summed E-state index contributed by atoms with van der Waals surface area (Å²) >= 11 is 0. The summed E-state index contributed by atoms with van der Waals surface area (Å²) in [7, 11) is 0. The van der Waals surface area contributed by atoms with E-state index in [2.05, 4.69) is 9.47 Å². The summed E-state index contributed by atoms with van der Waals surface area (Å²) < 4.78 is 21.5. The minimum atomic E-state index is -1.04. The Kier molecular flexibility index (Phi) is 1.46. The molecule has 0 bridgehead atoms. The van der Waals surface area contributed by atoms with E-state index in [0.717, 1.165) is 0 Å². The fourth-order valence-electron chi connectivity index (χ4n) is 0.643. The van der Waals surface area contributed by atoms with E-state index in [1.807, 2.05) is 0 Å². The highest BCUT2D eigenvalue weighted by atomic mass is 19.1. The van der Waals surface area contributed by atoms with Crippen molar-refractivity contribution in [1.29, 1.82) is 0 Å². The molecule has 1 unspecified atom stereocenters. The molecule has 0 spiro atoms. The van der Waals surface area contributed by atoms with Gasteiger partial charge >= 0.3 is 12.0 Å². The molecule has 1 heterocycles. The molecule has 1 N–H and O–H groups in total. The Bertz CT molecular complexity index is 162. The van der Waals surface area contributed by atoms with Crippen LogP contribution < -0.4 is 0 Å². The third-order valence-electron chi connectivity index (χ3n) is 1.43. The van der Waals surface area contributed by atoms with E-state index in [-0.39, 0.29) is 0 Å². The smallest absolute Gasteiger partial charge is 0.358 e. The van der Waals surface area contributed by atoms with Gasteiger partial charge in [-0.15, -0.1) is 0 Å². The van der Waals surface area contributed by atoms with Crippen molar-refractivity contribution >= 4 is 0 Å². The molecule has 0 aromatic carbocycles. The van der Waals surface area contributed by atoms with Gasteiger partial charge in [0.1, 0.15) is 0 Å². The van der Waals surface area contributed by atoms with Gasteiger partial charge in [-0.3, -0.25) is 0 Å². The molecule has 0 aromatic rings. The van der Waals surface area contributed by atoms with E-state index >= 15 is 0 Å². The highest BCUT2D eigenvalue weighted by Gasteiger charge is 2.37. The van der Waals surface area contributed by atoms with Crippen molar-refractivity contribution in [1.82, 2.24) is 0 Å². The van der Waals surface area contributed by atoms with Crippen LogP contribution in [0.5, 0.6) is 0 Å². The fraction of sp³-hybridized carbons (Fsp3) is 0.667. The zero-order valence-corrected chi connectivity index (χ0v) is 5.85. The molecule has 0 fully saturated rings. The number of hydrogen-bond donors (Lipinski definition) is 1. The van der Waals surface area contributed by atoms with Crippen LogP contribution in [0.1, 0.15) is 20.3 Å². The summed E-state index contributed by atoms with van der Waals surface area (Å²) in [5.41, 5.74) is 0. The number of aliphatic hydroxyl groups excluding tert-OH is 1. The molecular weight excluding hydrogens is 139 g/mol. The molecule has 58 valence electrons. The van der Waals surface area contributed by atoms with Crippen LogP contribution >= 0.6 is 0 Å². The molecule has 10 heavy (non-hydrogen) atoms. The van der Waals surface area contributed by atoms with Crippen LogP contribution in [0.25, 0.3) is 0 Å². The number of hydrogen-bond acceptors (Lipinski definition) is 3. The van der Waals surface area contributed by atoms with Gasteiger partial charge in [0.25, 0.3) is 5.79 Å². The van der Waals surface area contributed by atoms with Crippen LogP contribution in [0.2, 0.25) is 0 Å². The first-order valence-electron chi connectivity index (χ1n) is 3.04. The molecule has 0 radical (unpaired) electrons. The first-order valence-corrected chi connectivity index (χ1v) is 3.04. The number of aliphatic hydroxyl groups is 1. The standard InChI is InChI=1S/C6H9FO3/c1-3-6(2)9-4(7)5(8)10-6/h8H,3H2,1-2H3. The maximum absolute atomic E-state index is 12.3. The van der Waals surface area contributed by atoms with Crippen LogP contribution in [0.4, 0.5) is 4.39 Å². The lowest BCUT2D eigenvalue weighted by atomic mass is 10.2. The van der Waals surface area contributed by atoms with Gasteiger partial charge in [0.2, 0.25) is 0 Å². The molecule has 0 amide bonds. The Labute approximate surface area is 58.1 Å². The van der Waals surface area contributed by atoms with E-state index in [1.54, 1.807) is 13.8 Å². The molecule has 4 heteroatoms. The Morgan fingerprint density at radius 3 is 2.40 bits per heavy atom. The molecule has 0 aliphatic carbocycles. The van der Waals surface area contributed by atoms with Crippen molar-refractivity contribution in [2.24, 2.45) is 0 Å². The largest absolute Gasteiger partial charge is 0.476 e.